The maximum Gasteiger partial charge on any atom is 0.673 e. The molecule has 16 heteroatoms. The molecular formula is C35H55BF4N2O6S3. The van der Waals surface area contributed by atoms with Gasteiger partial charge in [0.25, 0.3) is 0 Å². The van der Waals surface area contributed by atoms with Crippen LogP contribution in [0.2, 0.25) is 0 Å². The van der Waals surface area contributed by atoms with Gasteiger partial charge in [-0.25, -0.2) is 8.42 Å². The predicted molar refractivity (Wildman–Crippen MR) is 202 cm³/mol. The third kappa shape index (κ3) is 17.2. The van der Waals surface area contributed by atoms with Gasteiger partial charge in [-0.1, -0.05) is 12.8 Å². The standard InChI is InChI=1S/2C17H26NOS.CH4O4S.BF4/c2*1-17(2,18-12-6-5-7-13-18)16(19)14-8-10-15(11-9-14)20(3)4;1-5-6(2,3)4;2-1(3,4)5/h2*8-11H,5-7,12-13H2,1-4H3;1H3,(H,2,3,4);/q2*+1;;-1/p-1. The Hall–Kier alpha value is -1.95. The molecule has 2 heterocycles. The van der Waals surface area contributed by atoms with Crippen LogP contribution >= 0.6 is 0 Å². The molecule has 2 aromatic carbocycles. The highest BCUT2D eigenvalue weighted by Crippen LogP contribution is 2.26. The molecule has 51 heavy (non-hydrogen) atoms. The zero-order chi connectivity index (χ0) is 39.2. The third-order valence-corrected chi connectivity index (χ3v) is 11.6. The van der Waals surface area contributed by atoms with Crippen molar-refractivity contribution in [1.29, 1.82) is 0 Å². The quantitative estimate of drug-likeness (QED) is 0.0661. The molecule has 0 radical (unpaired) electrons. The zero-order valence-electron chi connectivity index (χ0n) is 31.3. The van der Waals surface area contributed by atoms with Crippen LogP contribution in [0.15, 0.2) is 58.3 Å². The number of carbonyl (C=O) groups excluding carboxylic acids is 2. The highest BCUT2D eigenvalue weighted by atomic mass is 32.3. The van der Waals surface area contributed by atoms with Crippen LogP contribution in [0.5, 0.6) is 0 Å². The first-order valence-corrected chi connectivity index (χ1v) is 22.2. The van der Waals surface area contributed by atoms with Gasteiger partial charge in [-0.2, -0.15) is 0 Å². The summed E-state index contributed by atoms with van der Waals surface area (Å²) in [6.45, 7) is 12.5. The Bertz CT molecular complexity index is 1370. The fraction of sp³-hybridized carbons (Fsp3) is 0.600. The average Bonchev–Trinajstić information content (AvgIpc) is 3.08. The number of carbonyl (C=O) groups is 2. The number of hydrogen-bond acceptors (Lipinski definition) is 8. The van der Waals surface area contributed by atoms with Gasteiger partial charge < -0.3 is 21.8 Å². The second-order valence-electron chi connectivity index (χ2n) is 13.6. The fourth-order valence-electron chi connectivity index (χ4n) is 5.66. The van der Waals surface area contributed by atoms with E-state index in [-0.39, 0.29) is 44.4 Å². The predicted octanol–water partition coefficient (Wildman–Crippen LogP) is 7.13. The van der Waals surface area contributed by atoms with Gasteiger partial charge in [-0.05, 0) is 128 Å². The van der Waals surface area contributed by atoms with Crippen molar-refractivity contribution in [3.63, 3.8) is 0 Å². The molecule has 0 saturated carbocycles. The lowest BCUT2D eigenvalue weighted by Crippen LogP contribution is -2.52. The van der Waals surface area contributed by atoms with Gasteiger partial charge in [0.05, 0.1) is 18.2 Å². The number of piperidine rings is 2. The van der Waals surface area contributed by atoms with Crippen molar-refractivity contribution in [2.75, 3.05) is 58.3 Å². The first kappa shape index (κ1) is 47.1. The number of likely N-dealkylation sites (tertiary alicyclic amines) is 2. The van der Waals surface area contributed by atoms with Crippen LogP contribution in [0, 0.1) is 0 Å². The van der Waals surface area contributed by atoms with E-state index < -0.39 is 17.7 Å². The zero-order valence-corrected chi connectivity index (χ0v) is 33.8. The summed E-state index contributed by atoms with van der Waals surface area (Å²) in [5.41, 5.74) is 0.911. The molecule has 0 spiro atoms. The van der Waals surface area contributed by atoms with E-state index in [9.17, 15) is 39.8 Å². The summed E-state index contributed by atoms with van der Waals surface area (Å²) in [7, 11) is -9.10. The lowest BCUT2D eigenvalue weighted by molar-refractivity contribution is 0.0576. The molecule has 2 aliphatic heterocycles. The van der Waals surface area contributed by atoms with Gasteiger partial charge in [-0.15, -0.1) is 0 Å². The van der Waals surface area contributed by atoms with E-state index in [4.69, 9.17) is 0 Å². The van der Waals surface area contributed by atoms with Crippen LogP contribution in [0.1, 0.15) is 86.9 Å². The van der Waals surface area contributed by atoms with E-state index in [1.54, 1.807) is 0 Å². The van der Waals surface area contributed by atoms with E-state index in [1.807, 2.05) is 24.3 Å². The number of nitrogens with zero attached hydrogens (tertiary/aromatic N) is 2. The van der Waals surface area contributed by atoms with Crippen LogP contribution < -0.4 is 0 Å². The Morgan fingerprint density at radius 1 is 0.647 bits per heavy atom. The van der Waals surface area contributed by atoms with Crippen molar-refractivity contribution in [3.05, 3.63) is 59.7 Å². The molecule has 0 aromatic heterocycles. The SMILES string of the molecule is COS(=O)(=O)[O-].C[S+](C)c1ccc(C(=O)C(C)(C)N2CCCCC2)cc1.C[S+](C)c1ccc(C(=O)C(C)(C)N2CCCCC2)cc1.F[B-](F)(F)F. The Morgan fingerprint density at radius 2 is 0.882 bits per heavy atom. The lowest BCUT2D eigenvalue weighted by Gasteiger charge is -2.39. The van der Waals surface area contributed by atoms with Crippen LogP contribution in [-0.4, -0.2) is 111 Å². The molecule has 290 valence electrons. The van der Waals surface area contributed by atoms with Crippen molar-refractivity contribution in [3.8, 4) is 0 Å². The van der Waals surface area contributed by atoms with Gasteiger partial charge in [-0.3, -0.25) is 23.6 Å². The molecule has 2 fully saturated rings. The first-order chi connectivity index (χ1) is 23.4. The topological polar surface area (TPSA) is 107 Å². The minimum atomic E-state index is -6.00. The highest BCUT2D eigenvalue weighted by molar-refractivity contribution is 7.95. The maximum absolute atomic E-state index is 12.8. The Kier molecular flexibility index (Phi) is 19.5. The first-order valence-electron chi connectivity index (χ1n) is 16.8. The minimum Gasteiger partial charge on any atom is -0.726 e. The molecular weight excluding hydrogens is 727 g/mol. The largest absolute Gasteiger partial charge is 0.726 e. The van der Waals surface area contributed by atoms with Crippen molar-refractivity contribution in [2.24, 2.45) is 0 Å². The number of benzene rings is 2. The van der Waals surface area contributed by atoms with Crippen molar-refractivity contribution in [2.45, 2.75) is 87.1 Å². The smallest absolute Gasteiger partial charge is 0.673 e. The number of hydrogen-bond donors (Lipinski definition) is 0. The van der Waals surface area contributed by atoms with Crippen LogP contribution in [0.25, 0.3) is 0 Å². The Balaban J connectivity index is 0.000000396. The highest BCUT2D eigenvalue weighted by Gasteiger charge is 2.37. The summed E-state index contributed by atoms with van der Waals surface area (Å²) in [4.78, 5) is 32.9. The second-order valence-corrected chi connectivity index (χ2v) is 19.0. The van der Waals surface area contributed by atoms with Crippen molar-refractivity contribution in [1.82, 2.24) is 9.80 Å². The van der Waals surface area contributed by atoms with Gasteiger partial charge in [0.1, 0.15) is 25.0 Å². The summed E-state index contributed by atoms with van der Waals surface area (Å²) in [5, 5.41) is 0. The molecule has 4 rings (SSSR count). The fourth-order valence-corrected chi connectivity index (χ4v) is 7.02. The van der Waals surface area contributed by atoms with E-state index in [1.165, 1.54) is 48.3 Å². The summed E-state index contributed by atoms with van der Waals surface area (Å²) in [6.07, 6.45) is 16.3. The molecule has 8 nitrogen and oxygen atoms in total. The van der Waals surface area contributed by atoms with Gasteiger partial charge >= 0.3 is 7.25 Å². The molecule has 0 bridgehead atoms. The molecule has 2 aliphatic rings. The van der Waals surface area contributed by atoms with E-state index in [0.717, 1.165) is 44.4 Å². The monoisotopic (exact) mass is 782 g/mol. The normalized spacial score (nSPS) is 16.2. The summed E-state index contributed by atoms with van der Waals surface area (Å²) in [5.74, 6) is 0.496. The molecule has 0 N–H and O–H groups in total. The van der Waals surface area contributed by atoms with Gasteiger partial charge in [0.15, 0.2) is 21.4 Å². The van der Waals surface area contributed by atoms with Crippen LogP contribution in [-0.2, 0) is 36.4 Å². The van der Waals surface area contributed by atoms with Crippen LogP contribution in [0.3, 0.4) is 0 Å². The van der Waals surface area contributed by atoms with Gasteiger partial charge in [0, 0.05) is 32.9 Å². The number of halogens is 4. The second kappa shape index (κ2) is 21.1. The Labute approximate surface area is 308 Å². The average molecular weight is 783 g/mol. The molecule has 2 saturated heterocycles. The molecule has 0 aliphatic carbocycles. The van der Waals surface area contributed by atoms with E-state index in [2.05, 4.69) is 91.0 Å². The van der Waals surface area contributed by atoms with Crippen LogP contribution in [0.4, 0.5) is 17.3 Å². The van der Waals surface area contributed by atoms with E-state index in [0.29, 0.717) is 0 Å². The number of rotatable bonds is 9. The molecule has 0 atom stereocenters. The molecule has 2 aromatic rings. The number of ketones is 2. The summed E-state index contributed by atoms with van der Waals surface area (Å²) < 4.78 is 70.0. The minimum absolute atomic E-state index is 0.248. The van der Waals surface area contributed by atoms with Crippen molar-refractivity contribution >= 4 is 51.0 Å². The summed E-state index contributed by atoms with van der Waals surface area (Å²) >= 11 is 0. The van der Waals surface area contributed by atoms with Crippen molar-refractivity contribution < 1.29 is 44.0 Å². The Morgan fingerprint density at radius 3 is 1.08 bits per heavy atom. The number of Topliss-reactive ketones (excluding diaryl/α,β-unsaturated/α-hetero) is 2. The maximum atomic E-state index is 12.8. The molecule has 0 unspecified atom stereocenters. The summed E-state index contributed by atoms with van der Waals surface area (Å²) in [6, 6.07) is 16.4. The third-order valence-electron chi connectivity index (χ3n) is 8.78. The van der Waals surface area contributed by atoms with E-state index >= 15 is 0 Å². The lowest BCUT2D eigenvalue weighted by atomic mass is 9.89. The van der Waals surface area contributed by atoms with Gasteiger partial charge in [0.2, 0.25) is 10.4 Å². The molecule has 0 amide bonds.